The van der Waals surface area contributed by atoms with E-state index < -0.39 is 24.3 Å². The highest BCUT2D eigenvalue weighted by Gasteiger charge is 2.25. The van der Waals surface area contributed by atoms with E-state index in [1.807, 2.05) is 21.1 Å². The largest absolute Gasteiger partial charge is 0.477 e. The van der Waals surface area contributed by atoms with E-state index in [4.69, 9.17) is 18.9 Å². The molecule has 1 N–H and O–H groups in total. The molecule has 0 heterocycles. The van der Waals surface area contributed by atoms with Gasteiger partial charge in [0.1, 0.15) is 13.2 Å². The highest BCUT2D eigenvalue weighted by molar-refractivity contribution is 5.71. The summed E-state index contributed by atoms with van der Waals surface area (Å²) in [5.41, 5.74) is 0. The number of aliphatic carboxylic acids is 1. The van der Waals surface area contributed by atoms with Gasteiger partial charge in [-0.15, -0.1) is 0 Å². The Labute approximate surface area is 532 Å². The number of allylic oxidation sites excluding steroid dienone is 32. The van der Waals surface area contributed by atoms with E-state index in [0.717, 1.165) is 154 Å². The Morgan fingerprint density at radius 3 is 0.931 bits per heavy atom. The van der Waals surface area contributed by atoms with Crippen molar-refractivity contribution in [1.29, 1.82) is 0 Å². The molecular weight excluding hydrogens is 1080 g/mol. The zero-order valence-electron chi connectivity index (χ0n) is 55.3. The van der Waals surface area contributed by atoms with Crippen molar-refractivity contribution in [1.82, 2.24) is 0 Å². The number of carbonyl (C=O) groups is 3. The third kappa shape index (κ3) is 67.5. The summed E-state index contributed by atoms with van der Waals surface area (Å²) in [6.45, 7) is 4.57. The fraction of sp³-hybridized carbons (Fsp3) is 0.551. The second-order valence-electron chi connectivity index (χ2n) is 22.7. The highest BCUT2D eigenvalue weighted by Crippen LogP contribution is 2.14. The molecule has 0 aromatic heterocycles. The maximum atomic E-state index is 12.9. The van der Waals surface area contributed by atoms with Crippen LogP contribution in [0.3, 0.4) is 0 Å². The van der Waals surface area contributed by atoms with Gasteiger partial charge in [0.15, 0.2) is 6.10 Å². The van der Waals surface area contributed by atoms with E-state index in [0.29, 0.717) is 17.4 Å². The van der Waals surface area contributed by atoms with Crippen LogP contribution >= 0.6 is 0 Å². The van der Waals surface area contributed by atoms with Gasteiger partial charge in [-0.3, -0.25) is 9.59 Å². The topological polar surface area (TPSA) is 108 Å². The van der Waals surface area contributed by atoms with Crippen LogP contribution in [-0.4, -0.2) is 87.4 Å². The minimum Gasteiger partial charge on any atom is -0.477 e. The summed E-state index contributed by atoms with van der Waals surface area (Å²) < 4.78 is 22.9. The molecule has 0 saturated carbocycles. The fourth-order valence-electron chi connectivity index (χ4n) is 8.28. The Balaban J connectivity index is 4.31. The van der Waals surface area contributed by atoms with E-state index in [9.17, 15) is 19.5 Å². The van der Waals surface area contributed by atoms with Crippen LogP contribution < -0.4 is 0 Å². The minimum atomic E-state index is -1.54. The van der Waals surface area contributed by atoms with E-state index >= 15 is 0 Å². The molecule has 0 aromatic carbocycles. The van der Waals surface area contributed by atoms with Crippen LogP contribution in [0.1, 0.15) is 219 Å². The minimum absolute atomic E-state index is 0.168. The number of ether oxygens (including phenoxy) is 4. The van der Waals surface area contributed by atoms with Crippen LogP contribution in [0.2, 0.25) is 0 Å². The molecule has 2 unspecified atom stereocenters. The average molecular weight is 1200 g/mol. The number of carbonyl (C=O) groups excluding carboxylic acids is 2. The maximum absolute atomic E-state index is 12.9. The SMILES string of the molecule is CC/C=C\C/C=C\C/C=C\C/C=C\C/C=C\C/C=C\C/C=C\C/C=C\C/C=C\C/C=C\C/C=C\CCCCCC(=O)OC(COC(=O)CCCCCCCCCCC/C=C\C/C=C\C/C=C\C/C=C\C/C=C\CC)COC(OCC[N+](C)(C)C)C(=O)O. The molecule has 0 fully saturated rings. The van der Waals surface area contributed by atoms with Gasteiger partial charge in [0.2, 0.25) is 0 Å². The van der Waals surface area contributed by atoms with Crippen LogP contribution in [-0.2, 0) is 33.3 Å². The first-order valence-electron chi connectivity index (χ1n) is 33.6. The van der Waals surface area contributed by atoms with Crippen molar-refractivity contribution in [2.24, 2.45) is 0 Å². The summed E-state index contributed by atoms with van der Waals surface area (Å²) in [6, 6.07) is 0. The monoisotopic (exact) mass is 1200 g/mol. The third-order valence-corrected chi connectivity index (χ3v) is 13.3. The highest BCUT2D eigenvalue weighted by atomic mass is 16.7. The number of nitrogens with zero attached hydrogens (tertiary/aromatic N) is 1. The molecule has 0 spiro atoms. The van der Waals surface area contributed by atoms with Crippen molar-refractivity contribution in [3.8, 4) is 0 Å². The Bertz CT molecular complexity index is 2130. The smallest absolute Gasteiger partial charge is 0.361 e. The van der Waals surface area contributed by atoms with E-state index in [-0.39, 0.29) is 38.6 Å². The summed E-state index contributed by atoms with van der Waals surface area (Å²) in [5, 5.41) is 9.74. The number of esters is 2. The molecule has 0 aliphatic rings. The van der Waals surface area contributed by atoms with Crippen LogP contribution in [0, 0.1) is 0 Å². The normalized spacial score (nSPS) is 14.0. The average Bonchev–Trinajstić information content (AvgIpc) is 3.57. The number of rotatable bonds is 59. The van der Waals surface area contributed by atoms with Crippen molar-refractivity contribution in [2.45, 2.75) is 232 Å². The number of hydrogen-bond donors (Lipinski definition) is 1. The van der Waals surface area contributed by atoms with Gasteiger partial charge in [-0.25, -0.2) is 4.79 Å². The number of hydrogen-bond acceptors (Lipinski definition) is 7. The number of likely N-dealkylation sites (N-methyl/N-ethyl adjacent to an activating group) is 1. The van der Waals surface area contributed by atoms with Crippen LogP contribution in [0.4, 0.5) is 0 Å². The van der Waals surface area contributed by atoms with Gasteiger partial charge in [-0.1, -0.05) is 260 Å². The van der Waals surface area contributed by atoms with Crippen molar-refractivity contribution < 1.29 is 42.9 Å². The lowest BCUT2D eigenvalue weighted by Gasteiger charge is -2.25. The number of quaternary nitrogens is 1. The van der Waals surface area contributed by atoms with Gasteiger partial charge >= 0.3 is 17.9 Å². The van der Waals surface area contributed by atoms with Crippen LogP contribution in [0.15, 0.2) is 194 Å². The number of carboxylic acid groups (broad SMARTS) is 1. The van der Waals surface area contributed by atoms with Crippen LogP contribution in [0.25, 0.3) is 0 Å². The molecular formula is C78H122NO8+. The van der Waals surface area contributed by atoms with Crippen LogP contribution in [0.5, 0.6) is 0 Å². The van der Waals surface area contributed by atoms with Crippen molar-refractivity contribution in [3.05, 3.63) is 194 Å². The Morgan fingerprint density at radius 1 is 0.345 bits per heavy atom. The zero-order valence-corrected chi connectivity index (χ0v) is 55.3. The first-order valence-corrected chi connectivity index (χ1v) is 33.6. The molecule has 0 aliphatic heterocycles. The summed E-state index contributed by atoms with van der Waals surface area (Å²) in [7, 11) is 5.94. The Hall–Kier alpha value is -5.87. The van der Waals surface area contributed by atoms with Gasteiger partial charge in [-0.05, 0) is 141 Å². The lowest BCUT2D eigenvalue weighted by molar-refractivity contribution is -0.870. The molecule has 87 heavy (non-hydrogen) atoms. The van der Waals surface area contributed by atoms with Gasteiger partial charge in [-0.2, -0.15) is 0 Å². The second-order valence-corrected chi connectivity index (χ2v) is 22.7. The second kappa shape index (κ2) is 66.1. The molecule has 2 atom stereocenters. The molecule has 0 bridgehead atoms. The van der Waals surface area contributed by atoms with E-state index in [1.54, 1.807) is 0 Å². The first kappa shape index (κ1) is 81.1. The van der Waals surface area contributed by atoms with Gasteiger partial charge < -0.3 is 28.5 Å². The molecule has 0 radical (unpaired) electrons. The standard InChI is InChI=1S/C78H121NO8/c1-6-8-10-12-14-16-18-20-22-24-26-28-30-32-33-34-35-36-37-38-39-40-41-42-43-45-47-49-51-53-55-57-59-61-63-65-67-69-76(81)87-74(73-86-78(77(82)83)84-71-70-79(3,4)5)72-85-75(80)68-66-64-62-60-58-56-54-52-50-48-46-44-31-29-27-25-23-21-19-17-15-13-11-9-7-2/h8-11,14-17,20-23,26-29,32-33,35-36,38-39,41-42,44-47,51,53,57,59,74,78H,6-7,12-13,18-19,24-25,30-31,34,37,40,43,48-50,52,54-56,58,60-73H2,1-5H3/p+1/b10-8-,11-9-,16-14-,17-15-,22-20-,23-21-,28-26-,29-27-,33-32-,36-35-,39-38-,42-41-,46-44-,47-45-,53-51-,59-57-. The molecule has 0 rings (SSSR count). The lowest BCUT2D eigenvalue weighted by atomic mass is 10.1. The summed E-state index contributed by atoms with van der Waals surface area (Å²) in [5.74, 6) is -2.08. The zero-order chi connectivity index (χ0) is 63.3. The molecule has 0 aromatic rings. The number of carboxylic acids is 1. The maximum Gasteiger partial charge on any atom is 0.361 e. The molecule has 0 amide bonds. The third-order valence-electron chi connectivity index (χ3n) is 13.3. The van der Waals surface area contributed by atoms with Gasteiger partial charge in [0.25, 0.3) is 6.29 Å². The van der Waals surface area contributed by atoms with Crippen molar-refractivity contribution in [2.75, 3.05) is 47.5 Å². The van der Waals surface area contributed by atoms with Gasteiger partial charge in [0.05, 0.1) is 34.4 Å². The van der Waals surface area contributed by atoms with Crippen molar-refractivity contribution in [3.63, 3.8) is 0 Å². The van der Waals surface area contributed by atoms with Crippen molar-refractivity contribution >= 4 is 17.9 Å². The summed E-state index contributed by atoms with van der Waals surface area (Å²) in [4.78, 5) is 37.6. The lowest BCUT2D eigenvalue weighted by Crippen LogP contribution is -2.40. The van der Waals surface area contributed by atoms with E-state index in [1.165, 1.54) is 32.1 Å². The molecule has 9 heteroatoms. The first-order chi connectivity index (χ1) is 42.6. The molecule has 0 saturated heterocycles. The van der Waals surface area contributed by atoms with E-state index in [2.05, 4.69) is 208 Å². The Kier molecular flexibility index (Phi) is 61.6. The Morgan fingerprint density at radius 2 is 0.621 bits per heavy atom. The fourth-order valence-corrected chi connectivity index (χ4v) is 8.28. The predicted octanol–water partition coefficient (Wildman–Crippen LogP) is 21.0. The quantitative estimate of drug-likeness (QED) is 0.0211. The molecule has 9 nitrogen and oxygen atoms in total. The predicted molar refractivity (Wildman–Crippen MR) is 372 cm³/mol. The summed E-state index contributed by atoms with van der Waals surface area (Å²) in [6.07, 6.45) is 99.5. The van der Waals surface area contributed by atoms with Gasteiger partial charge in [0, 0.05) is 12.8 Å². The number of unbranched alkanes of at least 4 members (excludes halogenated alkanes) is 12. The molecule has 486 valence electrons. The molecule has 0 aliphatic carbocycles. The summed E-state index contributed by atoms with van der Waals surface area (Å²) >= 11 is 0.